The maximum absolute atomic E-state index is 6.63. The lowest BCUT2D eigenvalue weighted by Crippen LogP contribution is -2.05. The fraction of sp³-hybridized carbons (Fsp3) is 0.0213. The summed E-state index contributed by atoms with van der Waals surface area (Å²) in [5.74, 6) is 0.610. The van der Waals surface area contributed by atoms with Crippen LogP contribution in [-0.4, -0.2) is 11.5 Å². The van der Waals surface area contributed by atoms with Crippen molar-refractivity contribution in [3.8, 4) is 11.1 Å². The van der Waals surface area contributed by atoms with E-state index in [0.29, 0.717) is 12.3 Å². The highest BCUT2D eigenvalue weighted by Crippen LogP contribution is 2.37. The zero-order valence-corrected chi connectivity index (χ0v) is 27.8. The normalized spacial score (nSPS) is 13.7. The first-order valence-electron chi connectivity index (χ1n) is 17.4. The van der Waals surface area contributed by atoms with Gasteiger partial charge in [-0.3, -0.25) is 0 Å². The van der Waals surface area contributed by atoms with Crippen molar-refractivity contribution in [2.24, 2.45) is 9.98 Å². The van der Waals surface area contributed by atoms with Gasteiger partial charge in [0.1, 0.15) is 33.5 Å². The number of hydrogen-bond acceptors (Lipinski definition) is 5. The summed E-state index contributed by atoms with van der Waals surface area (Å²) in [7, 11) is 0. The van der Waals surface area contributed by atoms with Crippen molar-refractivity contribution in [2.45, 2.75) is 6.42 Å². The Hall–Kier alpha value is -6.98. The summed E-state index contributed by atoms with van der Waals surface area (Å²) in [5.41, 5.74) is 11.8. The molecule has 10 aromatic rings. The smallest absolute Gasteiger partial charge is 0.160 e. The number of benzene rings is 7. The summed E-state index contributed by atoms with van der Waals surface area (Å²) in [6.07, 6.45) is 2.74. The van der Waals surface area contributed by atoms with Gasteiger partial charge in [-0.1, -0.05) is 109 Å². The van der Waals surface area contributed by atoms with Crippen LogP contribution in [0.3, 0.4) is 0 Å². The standard InChI is InChI=1S/C47H28N2O3/c1-2-9-28(10-3-1)32-13-8-14-38-37-22-19-31(27-45(37)52-46(32)38)47-48-39(29-17-20-35-33-11-4-6-15-41(33)50-43(35)25-29)23-24-40(49-47)30-18-21-36-34-12-5-7-16-42(34)51-44(36)26-30/h1-23,25-27H,24H2. The summed E-state index contributed by atoms with van der Waals surface area (Å²) >= 11 is 0. The van der Waals surface area contributed by atoms with Crippen molar-refractivity contribution in [3.05, 3.63) is 174 Å². The van der Waals surface area contributed by atoms with Crippen LogP contribution in [0.2, 0.25) is 0 Å². The Balaban J connectivity index is 1.07. The van der Waals surface area contributed by atoms with Crippen LogP contribution in [0.4, 0.5) is 0 Å². The van der Waals surface area contributed by atoms with E-state index in [9.17, 15) is 0 Å². The lowest BCUT2D eigenvalue weighted by Gasteiger charge is -2.06. The molecule has 0 N–H and O–H groups in total. The zero-order valence-electron chi connectivity index (χ0n) is 27.8. The van der Waals surface area contributed by atoms with Crippen LogP contribution in [0, 0.1) is 0 Å². The highest BCUT2D eigenvalue weighted by Gasteiger charge is 2.19. The Morgan fingerprint density at radius 2 is 0.942 bits per heavy atom. The van der Waals surface area contributed by atoms with Crippen LogP contribution < -0.4 is 0 Å². The average molecular weight is 669 g/mol. The van der Waals surface area contributed by atoms with Crippen molar-refractivity contribution in [3.63, 3.8) is 0 Å². The fourth-order valence-corrected chi connectivity index (χ4v) is 7.62. The lowest BCUT2D eigenvalue weighted by molar-refractivity contribution is 0.668. The van der Waals surface area contributed by atoms with Gasteiger partial charge in [0, 0.05) is 61.0 Å². The van der Waals surface area contributed by atoms with E-state index in [0.717, 1.165) is 105 Å². The van der Waals surface area contributed by atoms with Gasteiger partial charge in [-0.05, 0) is 54.1 Å². The molecule has 0 radical (unpaired) electrons. The van der Waals surface area contributed by atoms with Crippen molar-refractivity contribution in [2.75, 3.05) is 0 Å². The topological polar surface area (TPSA) is 64.1 Å². The van der Waals surface area contributed by atoms with Crippen molar-refractivity contribution >= 4 is 83.1 Å². The molecule has 1 aliphatic rings. The number of furan rings is 3. The predicted molar refractivity (Wildman–Crippen MR) is 212 cm³/mol. The molecule has 0 amide bonds. The molecule has 7 aromatic carbocycles. The molecule has 0 spiro atoms. The zero-order chi connectivity index (χ0) is 34.2. The molecule has 5 heteroatoms. The second kappa shape index (κ2) is 11.3. The summed E-state index contributed by atoms with van der Waals surface area (Å²) in [4.78, 5) is 10.5. The molecule has 3 aromatic heterocycles. The van der Waals surface area contributed by atoms with Crippen molar-refractivity contribution in [1.29, 1.82) is 0 Å². The Kier molecular flexibility index (Phi) is 6.25. The van der Waals surface area contributed by atoms with Crippen LogP contribution >= 0.6 is 0 Å². The van der Waals surface area contributed by atoms with Gasteiger partial charge in [-0.25, -0.2) is 9.98 Å². The van der Waals surface area contributed by atoms with Crippen LogP contribution in [0.5, 0.6) is 0 Å². The number of amidine groups is 1. The van der Waals surface area contributed by atoms with E-state index >= 15 is 0 Å². The minimum atomic E-state index is 0.583. The molecule has 244 valence electrons. The minimum Gasteiger partial charge on any atom is -0.456 e. The summed E-state index contributed by atoms with van der Waals surface area (Å²) in [6, 6.07) is 52.0. The Bertz CT molecular complexity index is 3150. The monoisotopic (exact) mass is 668 g/mol. The van der Waals surface area contributed by atoms with Gasteiger partial charge in [0.15, 0.2) is 5.84 Å². The molecule has 0 aliphatic carbocycles. The maximum Gasteiger partial charge on any atom is 0.160 e. The molecule has 0 atom stereocenters. The number of nitrogens with zero attached hydrogens (tertiary/aromatic N) is 2. The van der Waals surface area contributed by atoms with Gasteiger partial charge in [0.05, 0.1) is 11.4 Å². The molecule has 5 nitrogen and oxygen atoms in total. The van der Waals surface area contributed by atoms with Gasteiger partial charge in [0.2, 0.25) is 0 Å². The first-order chi connectivity index (χ1) is 25.7. The van der Waals surface area contributed by atoms with Gasteiger partial charge in [-0.2, -0.15) is 0 Å². The number of fused-ring (bicyclic) bond motifs is 9. The molecule has 4 heterocycles. The molecular weight excluding hydrogens is 641 g/mol. The molecule has 0 saturated carbocycles. The SMILES string of the molecule is C1=C(c2ccc3c(c2)oc2ccccc23)N=C(c2ccc3c(c2)oc2c(-c4ccccc4)cccc23)N=C(c2ccc3c(c2)oc2ccccc23)C1. The Morgan fingerprint density at radius 1 is 0.385 bits per heavy atom. The van der Waals surface area contributed by atoms with E-state index in [1.807, 2.05) is 42.5 Å². The second-order valence-electron chi connectivity index (χ2n) is 13.3. The fourth-order valence-electron chi connectivity index (χ4n) is 7.62. The van der Waals surface area contributed by atoms with Gasteiger partial charge in [-0.15, -0.1) is 0 Å². The quantitative estimate of drug-likeness (QED) is 0.187. The van der Waals surface area contributed by atoms with Crippen LogP contribution in [0.15, 0.2) is 181 Å². The molecule has 0 bridgehead atoms. The third-order valence-corrected chi connectivity index (χ3v) is 10.2. The average Bonchev–Trinajstić information content (AvgIpc) is 3.83. The van der Waals surface area contributed by atoms with Crippen LogP contribution in [-0.2, 0) is 0 Å². The van der Waals surface area contributed by atoms with Gasteiger partial charge in [0.25, 0.3) is 0 Å². The third kappa shape index (κ3) is 4.56. The lowest BCUT2D eigenvalue weighted by atomic mass is 10.0. The highest BCUT2D eigenvalue weighted by molar-refractivity contribution is 6.18. The van der Waals surface area contributed by atoms with E-state index < -0.39 is 0 Å². The molecule has 11 rings (SSSR count). The van der Waals surface area contributed by atoms with Crippen LogP contribution in [0.1, 0.15) is 23.1 Å². The van der Waals surface area contributed by atoms with Crippen LogP contribution in [0.25, 0.3) is 82.6 Å². The van der Waals surface area contributed by atoms with Gasteiger partial charge < -0.3 is 13.3 Å². The van der Waals surface area contributed by atoms with E-state index in [-0.39, 0.29) is 0 Å². The third-order valence-electron chi connectivity index (χ3n) is 10.2. The van der Waals surface area contributed by atoms with E-state index in [1.54, 1.807) is 0 Å². The minimum absolute atomic E-state index is 0.583. The van der Waals surface area contributed by atoms with Gasteiger partial charge >= 0.3 is 0 Å². The Labute approximate surface area is 297 Å². The molecule has 1 aliphatic heterocycles. The predicted octanol–water partition coefficient (Wildman–Crippen LogP) is 12.7. The highest BCUT2D eigenvalue weighted by atomic mass is 16.3. The number of allylic oxidation sites excluding steroid dienone is 1. The van der Waals surface area contributed by atoms with E-state index in [1.165, 1.54) is 0 Å². The molecular formula is C47H28N2O3. The Morgan fingerprint density at radius 3 is 1.69 bits per heavy atom. The summed E-state index contributed by atoms with van der Waals surface area (Å²) in [5, 5.41) is 6.50. The van der Waals surface area contributed by atoms with E-state index in [4.69, 9.17) is 23.2 Å². The molecule has 0 unspecified atom stereocenters. The number of rotatable bonds is 4. The van der Waals surface area contributed by atoms with Crippen molar-refractivity contribution < 1.29 is 13.3 Å². The summed E-state index contributed by atoms with van der Waals surface area (Å²) in [6.45, 7) is 0. The molecule has 0 fully saturated rings. The first-order valence-corrected chi connectivity index (χ1v) is 17.4. The maximum atomic E-state index is 6.63. The number of hydrogen-bond donors (Lipinski definition) is 0. The molecule has 0 saturated heterocycles. The second-order valence-corrected chi connectivity index (χ2v) is 13.3. The number of aliphatic imine (C=N–C) groups is 2. The van der Waals surface area contributed by atoms with E-state index in [2.05, 4.69) is 115 Å². The van der Waals surface area contributed by atoms with Crippen molar-refractivity contribution in [1.82, 2.24) is 0 Å². The largest absolute Gasteiger partial charge is 0.456 e. The number of para-hydroxylation sites is 3. The summed E-state index contributed by atoms with van der Waals surface area (Å²) < 4.78 is 19.2. The molecule has 52 heavy (non-hydrogen) atoms. The first kappa shape index (κ1) is 28.8.